The van der Waals surface area contributed by atoms with E-state index in [1.54, 1.807) is 0 Å². The molecule has 0 aliphatic heterocycles. The summed E-state index contributed by atoms with van der Waals surface area (Å²) in [4.78, 5) is 12.6. The third-order valence-electron chi connectivity index (χ3n) is 4.97. The lowest BCUT2D eigenvalue weighted by Gasteiger charge is -2.40. The first kappa shape index (κ1) is 17.5. The zero-order chi connectivity index (χ0) is 17.9. The molecule has 0 radical (unpaired) electrons. The van der Waals surface area contributed by atoms with Crippen LogP contribution in [0, 0.1) is 17.0 Å². The molecule has 3 nitrogen and oxygen atoms in total. The van der Waals surface area contributed by atoms with Crippen LogP contribution in [-0.2, 0) is 11.2 Å². The van der Waals surface area contributed by atoms with Gasteiger partial charge in [0, 0.05) is 6.54 Å². The van der Waals surface area contributed by atoms with E-state index in [4.69, 9.17) is 0 Å². The molecule has 0 spiro atoms. The summed E-state index contributed by atoms with van der Waals surface area (Å²) in [6.45, 7) is -0.215. The molecule has 0 heterocycles. The fourth-order valence-electron chi connectivity index (χ4n) is 3.38. The van der Waals surface area contributed by atoms with Gasteiger partial charge in [0.05, 0.1) is 11.0 Å². The van der Waals surface area contributed by atoms with E-state index in [1.807, 2.05) is 30.3 Å². The van der Waals surface area contributed by atoms with Crippen molar-refractivity contribution in [3.63, 3.8) is 0 Å². The number of hydrogen-bond donors (Lipinski definition) is 2. The molecular formula is C20H21F2NO2. The van der Waals surface area contributed by atoms with E-state index in [2.05, 4.69) is 5.32 Å². The van der Waals surface area contributed by atoms with Gasteiger partial charge in [-0.3, -0.25) is 4.79 Å². The van der Waals surface area contributed by atoms with Crippen LogP contribution in [-0.4, -0.2) is 17.6 Å². The Morgan fingerprint density at radius 1 is 1.08 bits per heavy atom. The number of nitrogens with one attached hydrogen (secondary N) is 1. The molecule has 1 atom stereocenters. The number of hydrogen-bond acceptors (Lipinski definition) is 2. The first-order chi connectivity index (χ1) is 12.0. The minimum Gasteiger partial charge on any atom is -0.386 e. The Balaban J connectivity index is 1.65. The van der Waals surface area contributed by atoms with Gasteiger partial charge in [0.15, 0.2) is 0 Å². The molecular weight excluding hydrogens is 324 g/mol. The average molecular weight is 345 g/mol. The summed E-state index contributed by atoms with van der Waals surface area (Å²) >= 11 is 0. The molecule has 1 unspecified atom stereocenters. The summed E-state index contributed by atoms with van der Waals surface area (Å²) in [6.07, 6.45) is 1.74. The zero-order valence-electron chi connectivity index (χ0n) is 13.8. The lowest BCUT2D eigenvalue weighted by Crippen LogP contribution is -2.48. The molecule has 2 aromatic carbocycles. The first-order valence-electron chi connectivity index (χ1n) is 8.46. The van der Waals surface area contributed by atoms with E-state index in [-0.39, 0.29) is 12.5 Å². The Hall–Kier alpha value is -2.27. The second kappa shape index (κ2) is 7.31. The van der Waals surface area contributed by atoms with Crippen molar-refractivity contribution < 1.29 is 18.7 Å². The van der Waals surface area contributed by atoms with Crippen LogP contribution in [0.25, 0.3) is 0 Å². The number of aliphatic hydroxyl groups is 1. The van der Waals surface area contributed by atoms with Crippen molar-refractivity contribution in [3.8, 4) is 0 Å². The molecule has 1 saturated carbocycles. The van der Waals surface area contributed by atoms with Gasteiger partial charge in [-0.2, -0.15) is 0 Å². The van der Waals surface area contributed by atoms with Crippen LogP contribution in [0.4, 0.5) is 8.78 Å². The van der Waals surface area contributed by atoms with E-state index in [1.165, 1.54) is 6.07 Å². The summed E-state index contributed by atoms with van der Waals surface area (Å²) in [6, 6.07) is 13.2. The van der Waals surface area contributed by atoms with Gasteiger partial charge in [-0.15, -0.1) is 0 Å². The van der Waals surface area contributed by atoms with Crippen LogP contribution in [0.15, 0.2) is 48.5 Å². The third-order valence-corrected chi connectivity index (χ3v) is 4.97. The molecule has 3 rings (SSSR count). The maximum atomic E-state index is 13.7. The van der Waals surface area contributed by atoms with Gasteiger partial charge in [0.25, 0.3) is 0 Å². The molecule has 2 N–H and O–H groups in total. The number of amides is 1. The van der Waals surface area contributed by atoms with Crippen molar-refractivity contribution in [2.75, 3.05) is 6.54 Å². The van der Waals surface area contributed by atoms with Gasteiger partial charge < -0.3 is 10.4 Å². The van der Waals surface area contributed by atoms with Gasteiger partial charge in [-0.1, -0.05) is 42.8 Å². The number of carbonyl (C=O) groups excluding carboxylic acids is 1. The molecule has 1 amide bonds. The quantitative estimate of drug-likeness (QED) is 0.841. The standard InChI is InChI=1S/C20H21F2NO2/c21-15-8-4-9-16(22)18(15)17(24)13-23-19(25)20(10-5-11-20)12-14-6-2-1-3-7-14/h1-4,6-9,17,24H,5,10-13H2,(H,23,25). The highest BCUT2D eigenvalue weighted by molar-refractivity contribution is 5.83. The summed E-state index contributed by atoms with van der Waals surface area (Å²) in [7, 11) is 0. The van der Waals surface area contributed by atoms with Crippen LogP contribution in [0.3, 0.4) is 0 Å². The second-order valence-electron chi connectivity index (χ2n) is 6.66. The van der Waals surface area contributed by atoms with E-state index in [9.17, 15) is 18.7 Å². The summed E-state index contributed by atoms with van der Waals surface area (Å²) in [5.41, 5.74) is 0.182. The lowest BCUT2D eigenvalue weighted by atomic mass is 9.64. The highest BCUT2D eigenvalue weighted by atomic mass is 19.1. The summed E-state index contributed by atoms with van der Waals surface area (Å²) < 4.78 is 27.4. The molecule has 132 valence electrons. The molecule has 2 aromatic rings. The topological polar surface area (TPSA) is 49.3 Å². The fourth-order valence-corrected chi connectivity index (χ4v) is 3.38. The van der Waals surface area contributed by atoms with Crippen molar-refractivity contribution in [2.45, 2.75) is 31.8 Å². The normalized spacial score (nSPS) is 16.8. The zero-order valence-corrected chi connectivity index (χ0v) is 13.8. The molecule has 1 fully saturated rings. The number of aliphatic hydroxyl groups excluding tert-OH is 1. The van der Waals surface area contributed by atoms with Crippen LogP contribution < -0.4 is 5.32 Å². The number of rotatable bonds is 6. The van der Waals surface area contributed by atoms with Crippen molar-refractivity contribution >= 4 is 5.91 Å². The Bertz CT molecular complexity index is 724. The highest BCUT2D eigenvalue weighted by Crippen LogP contribution is 2.44. The monoisotopic (exact) mass is 345 g/mol. The molecule has 0 saturated heterocycles. The number of benzene rings is 2. The second-order valence-corrected chi connectivity index (χ2v) is 6.66. The van der Waals surface area contributed by atoms with Gasteiger partial charge >= 0.3 is 0 Å². The Labute approximate surface area is 145 Å². The van der Waals surface area contributed by atoms with Crippen LogP contribution in [0.5, 0.6) is 0 Å². The van der Waals surface area contributed by atoms with Gasteiger partial charge in [0.2, 0.25) is 5.91 Å². The van der Waals surface area contributed by atoms with Crippen molar-refractivity contribution in [3.05, 3.63) is 71.3 Å². The van der Waals surface area contributed by atoms with Crippen LogP contribution in [0.1, 0.15) is 36.5 Å². The summed E-state index contributed by atoms with van der Waals surface area (Å²) in [5, 5.41) is 12.8. The van der Waals surface area contributed by atoms with Crippen LogP contribution >= 0.6 is 0 Å². The molecule has 1 aliphatic rings. The van der Waals surface area contributed by atoms with E-state index in [0.29, 0.717) is 6.42 Å². The van der Waals surface area contributed by atoms with E-state index in [0.717, 1.165) is 37.0 Å². The summed E-state index contributed by atoms with van der Waals surface area (Å²) in [5.74, 6) is -1.80. The average Bonchev–Trinajstić information content (AvgIpc) is 2.56. The molecule has 25 heavy (non-hydrogen) atoms. The maximum absolute atomic E-state index is 13.7. The minimum atomic E-state index is -1.42. The first-order valence-corrected chi connectivity index (χ1v) is 8.46. The van der Waals surface area contributed by atoms with Gasteiger partial charge in [-0.05, 0) is 37.0 Å². The fraction of sp³-hybridized carbons (Fsp3) is 0.350. The van der Waals surface area contributed by atoms with Crippen LogP contribution in [0.2, 0.25) is 0 Å². The van der Waals surface area contributed by atoms with Crippen molar-refractivity contribution in [1.82, 2.24) is 5.32 Å². The molecule has 0 bridgehead atoms. The largest absolute Gasteiger partial charge is 0.386 e. The lowest BCUT2D eigenvalue weighted by molar-refractivity contribution is -0.136. The SMILES string of the molecule is O=C(NCC(O)c1c(F)cccc1F)C1(Cc2ccccc2)CCC1. The predicted molar refractivity (Wildman–Crippen MR) is 90.8 cm³/mol. The predicted octanol–water partition coefficient (Wildman–Crippen LogP) is 3.53. The maximum Gasteiger partial charge on any atom is 0.226 e. The smallest absolute Gasteiger partial charge is 0.226 e. The van der Waals surface area contributed by atoms with Gasteiger partial charge in [0.1, 0.15) is 17.7 Å². The molecule has 0 aromatic heterocycles. The Kier molecular flexibility index (Phi) is 5.13. The number of halogens is 2. The number of carbonyl (C=O) groups is 1. The Morgan fingerprint density at radius 3 is 2.28 bits per heavy atom. The van der Waals surface area contributed by atoms with Gasteiger partial charge in [-0.25, -0.2) is 8.78 Å². The minimum absolute atomic E-state index is 0.168. The van der Waals surface area contributed by atoms with Crippen molar-refractivity contribution in [1.29, 1.82) is 0 Å². The van der Waals surface area contributed by atoms with Crippen molar-refractivity contribution in [2.24, 2.45) is 5.41 Å². The third kappa shape index (κ3) is 3.71. The Morgan fingerprint density at radius 2 is 1.72 bits per heavy atom. The van der Waals surface area contributed by atoms with E-state index >= 15 is 0 Å². The highest BCUT2D eigenvalue weighted by Gasteiger charge is 2.44. The molecule has 1 aliphatic carbocycles. The molecule has 5 heteroatoms. The van der Waals surface area contributed by atoms with E-state index < -0.39 is 28.7 Å².